The van der Waals surface area contributed by atoms with Gasteiger partial charge in [0.15, 0.2) is 0 Å². The van der Waals surface area contributed by atoms with Crippen molar-refractivity contribution in [3.05, 3.63) is 46.7 Å². The van der Waals surface area contributed by atoms with Gasteiger partial charge in [-0.05, 0) is 42.5 Å². The van der Waals surface area contributed by atoms with E-state index in [2.05, 4.69) is 48.7 Å². The lowest BCUT2D eigenvalue weighted by molar-refractivity contribution is 0.557. The Balaban J connectivity index is 1.23. The molecule has 0 aliphatic carbocycles. The van der Waals surface area contributed by atoms with Crippen LogP contribution in [0.1, 0.15) is 76.0 Å². The molecule has 3 heterocycles. The SMILES string of the molecule is CCCCCCCCCCCCc1cc2c(ccc3c4ccc5sccc5c4sc23)s1. The van der Waals surface area contributed by atoms with Crippen molar-refractivity contribution < 1.29 is 0 Å². The molecule has 5 aromatic rings. The summed E-state index contributed by atoms with van der Waals surface area (Å²) in [5.74, 6) is 0. The van der Waals surface area contributed by atoms with Gasteiger partial charge in [0.1, 0.15) is 0 Å². The Morgan fingerprint density at radius 3 is 1.97 bits per heavy atom. The second kappa shape index (κ2) is 10.0. The fraction of sp³-hybridized carbons (Fsp3) is 0.429. The van der Waals surface area contributed by atoms with E-state index < -0.39 is 0 Å². The molecule has 0 amide bonds. The van der Waals surface area contributed by atoms with Crippen LogP contribution in [-0.2, 0) is 6.42 Å². The molecule has 162 valence electrons. The lowest BCUT2D eigenvalue weighted by atomic mass is 10.1. The number of thiophene rings is 3. The third kappa shape index (κ3) is 4.55. The lowest BCUT2D eigenvalue weighted by Crippen LogP contribution is -1.84. The van der Waals surface area contributed by atoms with Crippen LogP contribution in [0.25, 0.3) is 40.3 Å². The fourth-order valence-corrected chi connectivity index (χ4v) is 8.20. The Kier molecular flexibility index (Phi) is 6.93. The van der Waals surface area contributed by atoms with Gasteiger partial charge in [0, 0.05) is 45.2 Å². The van der Waals surface area contributed by atoms with Crippen LogP contribution >= 0.6 is 34.0 Å². The van der Waals surface area contributed by atoms with Gasteiger partial charge in [-0.3, -0.25) is 0 Å². The minimum atomic E-state index is 1.25. The summed E-state index contributed by atoms with van der Waals surface area (Å²) in [5.41, 5.74) is 0. The number of aryl methyl sites for hydroxylation is 1. The summed E-state index contributed by atoms with van der Waals surface area (Å²) in [4.78, 5) is 1.57. The maximum Gasteiger partial charge on any atom is 0.0442 e. The molecule has 0 aliphatic heterocycles. The van der Waals surface area contributed by atoms with E-state index in [1.54, 1.807) is 4.88 Å². The maximum absolute atomic E-state index is 2.50. The minimum absolute atomic E-state index is 1.25. The number of benzene rings is 2. The number of rotatable bonds is 11. The van der Waals surface area contributed by atoms with E-state index in [9.17, 15) is 0 Å². The van der Waals surface area contributed by atoms with Crippen LogP contribution < -0.4 is 0 Å². The molecule has 3 aromatic heterocycles. The van der Waals surface area contributed by atoms with E-state index in [1.165, 1.54) is 111 Å². The highest BCUT2D eigenvalue weighted by molar-refractivity contribution is 7.29. The summed E-state index contributed by atoms with van der Waals surface area (Å²) in [6, 6.07) is 14.1. The van der Waals surface area contributed by atoms with Crippen molar-refractivity contribution in [1.29, 1.82) is 0 Å². The number of hydrogen-bond acceptors (Lipinski definition) is 3. The van der Waals surface area contributed by atoms with E-state index in [1.807, 2.05) is 34.0 Å². The monoisotopic (exact) mass is 464 g/mol. The van der Waals surface area contributed by atoms with Crippen molar-refractivity contribution in [3.63, 3.8) is 0 Å². The van der Waals surface area contributed by atoms with Gasteiger partial charge < -0.3 is 0 Å². The van der Waals surface area contributed by atoms with Gasteiger partial charge in [0.05, 0.1) is 0 Å². The Morgan fingerprint density at radius 2 is 1.23 bits per heavy atom. The van der Waals surface area contributed by atoms with Crippen molar-refractivity contribution in [3.8, 4) is 0 Å². The molecule has 0 unspecified atom stereocenters. The van der Waals surface area contributed by atoms with Crippen molar-refractivity contribution >= 4 is 74.4 Å². The molecule has 31 heavy (non-hydrogen) atoms. The van der Waals surface area contributed by atoms with E-state index in [-0.39, 0.29) is 0 Å². The molecule has 2 aromatic carbocycles. The molecule has 3 heteroatoms. The summed E-state index contributed by atoms with van der Waals surface area (Å²) in [5, 5.41) is 7.99. The summed E-state index contributed by atoms with van der Waals surface area (Å²) in [7, 11) is 0. The predicted molar refractivity (Wildman–Crippen MR) is 146 cm³/mol. The van der Waals surface area contributed by atoms with Crippen molar-refractivity contribution in [2.45, 2.75) is 77.6 Å². The fourth-order valence-electron chi connectivity index (χ4n) is 4.81. The van der Waals surface area contributed by atoms with Crippen LogP contribution in [0.15, 0.2) is 41.8 Å². The van der Waals surface area contributed by atoms with Gasteiger partial charge in [-0.25, -0.2) is 0 Å². The van der Waals surface area contributed by atoms with Gasteiger partial charge in [0.25, 0.3) is 0 Å². The minimum Gasteiger partial charge on any atom is -0.144 e. The van der Waals surface area contributed by atoms with E-state index >= 15 is 0 Å². The van der Waals surface area contributed by atoms with E-state index in [0.29, 0.717) is 0 Å². The first-order valence-electron chi connectivity index (χ1n) is 12.1. The maximum atomic E-state index is 2.50. The van der Waals surface area contributed by atoms with Crippen LogP contribution in [0.2, 0.25) is 0 Å². The first kappa shape index (κ1) is 21.4. The highest BCUT2D eigenvalue weighted by atomic mass is 32.1. The Morgan fingerprint density at radius 1 is 0.581 bits per heavy atom. The molecular weight excluding hydrogens is 433 g/mol. The van der Waals surface area contributed by atoms with Crippen LogP contribution in [0.4, 0.5) is 0 Å². The van der Waals surface area contributed by atoms with Crippen LogP contribution in [0.5, 0.6) is 0 Å². The van der Waals surface area contributed by atoms with Gasteiger partial charge in [-0.15, -0.1) is 34.0 Å². The third-order valence-electron chi connectivity index (χ3n) is 6.56. The summed E-state index contributed by atoms with van der Waals surface area (Å²) in [6.07, 6.45) is 15.3. The first-order valence-corrected chi connectivity index (χ1v) is 14.6. The predicted octanol–water partition coefficient (Wildman–Crippen LogP) is 10.9. The van der Waals surface area contributed by atoms with Crippen molar-refractivity contribution in [2.75, 3.05) is 0 Å². The van der Waals surface area contributed by atoms with Crippen molar-refractivity contribution in [1.82, 2.24) is 0 Å². The van der Waals surface area contributed by atoms with Crippen molar-refractivity contribution in [2.24, 2.45) is 0 Å². The van der Waals surface area contributed by atoms with Crippen LogP contribution in [-0.4, -0.2) is 0 Å². The lowest BCUT2D eigenvalue weighted by Gasteiger charge is -2.01. The zero-order chi connectivity index (χ0) is 21.0. The quantitative estimate of drug-likeness (QED) is 0.170. The molecule has 0 aliphatic rings. The molecule has 0 radical (unpaired) electrons. The smallest absolute Gasteiger partial charge is 0.0442 e. The molecule has 0 saturated carbocycles. The molecule has 0 bridgehead atoms. The largest absolute Gasteiger partial charge is 0.144 e. The highest BCUT2D eigenvalue weighted by Gasteiger charge is 2.13. The Hall–Kier alpha value is -1.42. The molecule has 5 rings (SSSR count). The van der Waals surface area contributed by atoms with Gasteiger partial charge >= 0.3 is 0 Å². The summed E-state index contributed by atoms with van der Waals surface area (Å²) >= 11 is 5.86. The first-order chi connectivity index (χ1) is 15.3. The van der Waals surface area contributed by atoms with Crippen LogP contribution in [0.3, 0.4) is 0 Å². The van der Waals surface area contributed by atoms with Gasteiger partial charge in [-0.1, -0.05) is 76.8 Å². The van der Waals surface area contributed by atoms with E-state index in [4.69, 9.17) is 0 Å². The molecule has 0 atom stereocenters. The number of hydrogen-bond donors (Lipinski definition) is 0. The van der Waals surface area contributed by atoms with E-state index in [0.717, 1.165) is 0 Å². The molecule has 0 spiro atoms. The molecule has 0 N–H and O–H groups in total. The zero-order valence-corrected chi connectivity index (χ0v) is 21.0. The second-order valence-corrected chi connectivity index (χ2v) is 12.0. The van der Waals surface area contributed by atoms with Gasteiger partial charge in [0.2, 0.25) is 0 Å². The molecule has 0 fully saturated rings. The average Bonchev–Trinajstić information content (AvgIpc) is 3.50. The van der Waals surface area contributed by atoms with Crippen LogP contribution in [0, 0.1) is 0 Å². The average molecular weight is 465 g/mol. The summed E-state index contributed by atoms with van der Waals surface area (Å²) < 4.78 is 5.81. The molecule has 0 nitrogen and oxygen atoms in total. The highest BCUT2D eigenvalue weighted by Crippen LogP contribution is 2.44. The third-order valence-corrected chi connectivity index (χ3v) is 9.89. The van der Waals surface area contributed by atoms with Gasteiger partial charge in [-0.2, -0.15) is 0 Å². The standard InChI is InChI=1S/C28H32S3/c1-2-3-4-5-6-7-8-9-10-11-12-20-19-24-26(30-20)16-14-22-21-13-15-25-23(17-18-29-25)27(21)31-28(22)24/h13-19H,2-12H2,1H3. The summed E-state index contributed by atoms with van der Waals surface area (Å²) in [6.45, 7) is 2.30. The Labute approximate surface area is 197 Å². The molecular formula is C28H32S3. The topological polar surface area (TPSA) is 0 Å². The number of fused-ring (bicyclic) bond motifs is 7. The Bertz CT molecular complexity index is 1280. The normalized spacial score (nSPS) is 12.2. The molecule has 0 saturated heterocycles. The zero-order valence-electron chi connectivity index (χ0n) is 18.5. The second-order valence-electron chi connectivity index (χ2n) is 8.88. The number of unbranched alkanes of at least 4 members (excludes halogenated alkanes) is 9.